The number of amides is 1. The summed E-state index contributed by atoms with van der Waals surface area (Å²) in [5.41, 5.74) is 2.21. The van der Waals surface area contributed by atoms with Gasteiger partial charge >= 0.3 is 0 Å². The Hall–Kier alpha value is -1.33. The van der Waals surface area contributed by atoms with Gasteiger partial charge in [0.25, 0.3) is 5.91 Å². The molecular formula is C15H13Br2NO2. The lowest BCUT2D eigenvalue weighted by Gasteiger charge is -2.13. The molecule has 2 aromatic carbocycles. The number of rotatable bonds is 3. The topological polar surface area (TPSA) is 38.3 Å². The van der Waals surface area contributed by atoms with Crippen LogP contribution in [0.4, 0.5) is 5.69 Å². The van der Waals surface area contributed by atoms with Gasteiger partial charge < -0.3 is 10.1 Å². The van der Waals surface area contributed by atoms with Crippen LogP contribution in [-0.2, 0) is 0 Å². The Morgan fingerprint density at radius 1 is 1.10 bits per heavy atom. The van der Waals surface area contributed by atoms with Gasteiger partial charge in [0.05, 0.1) is 12.8 Å². The highest BCUT2D eigenvalue weighted by atomic mass is 79.9. The number of carbonyl (C=O) groups excluding carboxylic acids is 1. The van der Waals surface area contributed by atoms with Crippen molar-refractivity contribution in [3.8, 4) is 5.75 Å². The number of aryl methyl sites for hydroxylation is 1. The number of carbonyl (C=O) groups is 1. The maximum absolute atomic E-state index is 12.2. The Labute approximate surface area is 134 Å². The summed E-state index contributed by atoms with van der Waals surface area (Å²) < 4.78 is 7.16. The lowest BCUT2D eigenvalue weighted by molar-refractivity contribution is 0.102. The number of methoxy groups -OCH3 is 1. The SMILES string of the molecule is COc1cc(Br)cc(C)c1NC(=O)c1ccc(Br)cc1. The zero-order valence-corrected chi connectivity index (χ0v) is 14.2. The minimum Gasteiger partial charge on any atom is -0.495 e. The Bertz CT molecular complexity index is 639. The first-order chi connectivity index (χ1) is 9.51. The molecule has 2 aromatic rings. The second kappa shape index (κ2) is 6.41. The van der Waals surface area contributed by atoms with Gasteiger partial charge in [0.15, 0.2) is 0 Å². The normalized spacial score (nSPS) is 10.2. The van der Waals surface area contributed by atoms with Crippen LogP contribution in [0.3, 0.4) is 0 Å². The monoisotopic (exact) mass is 397 g/mol. The maximum atomic E-state index is 12.2. The number of anilines is 1. The molecule has 104 valence electrons. The fourth-order valence-electron chi connectivity index (χ4n) is 1.82. The largest absolute Gasteiger partial charge is 0.495 e. The highest BCUT2D eigenvalue weighted by Crippen LogP contribution is 2.32. The molecule has 0 spiro atoms. The molecule has 0 aromatic heterocycles. The first kappa shape index (κ1) is 15.1. The Morgan fingerprint density at radius 2 is 1.75 bits per heavy atom. The molecular weight excluding hydrogens is 386 g/mol. The summed E-state index contributed by atoms with van der Waals surface area (Å²) in [5.74, 6) is 0.462. The highest BCUT2D eigenvalue weighted by molar-refractivity contribution is 9.10. The van der Waals surface area contributed by atoms with E-state index in [-0.39, 0.29) is 5.91 Å². The van der Waals surface area contributed by atoms with Gasteiger partial charge in [0.1, 0.15) is 5.75 Å². The molecule has 0 atom stereocenters. The Kier molecular flexibility index (Phi) is 4.83. The van der Waals surface area contributed by atoms with Crippen LogP contribution in [0.1, 0.15) is 15.9 Å². The van der Waals surface area contributed by atoms with E-state index in [1.54, 1.807) is 19.2 Å². The van der Waals surface area contributed by atoms with Crippen LogP contribution in [-0.4, -0.2) is 13.0 Å². The fraction of sp³-hybridized carbons (Fsp3) is 0.133. The van der Waals surface area contributed by atoms with Crippen LogP contribution in [0, 0.1) is 6.92 Å². The van der Waals surface area contributed by atoms with Gasteiger partial charge in [-0.2, -0.15) is 0 Å². The average molecular weight is 399 g/mol. The van der Waals surface area contributed by atoms with Crippen molar-refractivity contribution in [3.63, 3.8) is 0 Å². The average Bonchev–Trinajstić information content (AvgIpc) is 2.42. The predicted molar refractivity (Wildman–Crippen MR) is 87.5 cm³/mol. The van der Waals surface area contributed by atoms with Gasteiger partial charge in [-0.1, -0.05) is 31.9 Å². The van der Waals surface area contributed by atoms with Gasteiger partial charge in [-0.15, -0.1) is 0 Å². The lowest BCUT2D eigenvalue weighted by atomic mass is 10.1. The number of benzene rings is 2. The zero-order chi connectivity index (χ0) is 14.7. The highest BCUT2D eigenvalue weighted by Gasteiger charge is 2.13. The van der Waals surface area contributed by atoms with E-state index in [4.69, 9.17) is 4.74 Å². The molecule has 20 heavy (non-hydrogen) atoms. The van der Waals surface area contributed by atoms with Crippen molar-refractivity contribution in [2.24, 2.45) is 0 Å². The molecule has 0 aliphatic carbocycles. The summed E-state index contributed by atoms with van der Waals surface area (Å²) in [5, 5.41) is 2.89. The quantitative estimate of drug-likeness (QED) is 0.807. The third kappa shape index (κ3) is 3.41. The molecule has 1 N–H and O–H groups in total. The first-order valence-electron chi connectivity index (χ1n) is 5.92. The molecule has 2 rings (SSSR count). The standard InChI is InChI=1S/C15H13Br2NO2/c1-9-7-12(17)8-13(20-2)14(9)18-15(19)10-3-5-11(16)6-4-10/h3-8H,1-2H3,(H,18,19). The number of hydrogen-bond donors (Lipinski definition) is 1. The molecule has 0 fully saturated rings. The van der Waals surface area contributed by atoms with Crippen molar-refractivity contribution in [1.29, 1.82) is 0 Å². The molecule has 1 amide bonds. The first-order valence-corrected chi connectivity index (χ1v) is 7.51. The van der Waals surface area contributed by atoms with Gasteiger partial charge in [-0.05, 0) is 48.9 Å². The molecule has 0 heterocycles. The van der Waals surface area contributed by atoms with Crippen LogP contribution in [0.5, 0.6) is 5.75 Å². The van der Waals surface area contributed by atoms with Gasteiger partial charge in [0.2, 0.25) is 0 Å². The Balaban J connectivity index is 2.30. The summed E-state index contributed by atoms with van der Waals surface area (Å²) in [6.07, 6.45) is 0. The minimum atomic E-state index is -0.166. The summed E-state index contributed by atoms with van der Waals surface area (Å²) >= 11 is 6.76. The van der Waals surface area contributed by atoms with Crippen molar-refractivity contribution in [1.82, 2.24) is 0 Å². The lowest BCUT2D eigenvalue weighted by Crippen LogP contribution is -2.13. The Morgan fingerprint density at radius 3 is 2.35 bits per heavy atom. The molecule has 0 radical (unpaired) electrons. The van der Waals surface area contributed by atoms with Crippen LogP contribution >= 0.6 is 31.9 Å². The third-order valence-electron chi connectivity index (χ3n) is 2.83. The predicted octanol–water partition coefficient (Wildman–Crippen LogP) is 4.78. The van der Waals surface area contributed by atoms with Crippen molar-refractivity contribution >= 4 is 43.5 Å². The molecule has 0 saturated heterocycles. The van der Waals surface area contributed by atoms with E-state index in [1.165, 1.54) is 0 Å². The van der Waals surface area contributed by atoms with E-state index in [2.05, 4.69) is 37.2 Å². The smallest absolute Gasteiger partial charge is 0.255 e. The van der Waals surface area contributed by atoms with Gasteiger partial charge in [0, 0.05) is 14.5 Å². The van der Waals surface area contributed by atoms with Crippen molar-refractivity contribution in [2.75, 3.05) is 12.4 Å². The molecule has 0 saturated carbocycles. The van der Waals surface area contributed by atoms with E-state index in [1.807, 2.05) is 31.2 Å². The second-order valence-electron chi connectivity index (χ2n) is 4.26. The maximum Gasteiger partial charge on any atom is 0.255 e. The molecule has 0 aliphatic heterocycles. The van der Waals surface area contributed by atoms with Gasteiger partial charge in [-0.25, -0.2) is 0 Å². The van der Waals surface area contributed by atoms with E-state index < -0.39 is 0 Å². The van der Waals surface area contributed by atoms with Crippen molar-refractivity contribution < 1.29 is 9.53 Å². The van der Waals surface area contributed by atoms with E-state index in [9.17, 15) is 4.79 Å². The summed E-state index contributed by atoms with van der Waals surface area (Å²) in [7, 11) is 1.58. The molecule has 0 aliphatic rings. The van der Waals surface area contributed by atoms with Crippen LogP contribution in [0.25, 0.3) is 0 Å². The van der Waals surface area contributed by atoms with E-state index in [0.717, 1.165) is 14.5 Å². The number of nitrogens with one attached hydrogen (secondary N) is 1. The van der Waals surface area contributed by atoms with Crippen LogP contribution in [0.15, 0.2) is 45.3 Å². The van der Waals surface area contributed by atoms with Crippen LogP contribution < -0.4 is 10.1 Å². The van der Waals surface area contributed by atoms with Crippen molar-refractivity contribution in [2.45, 2.75) is 6.92 Å². The molecule has 0 unspecified atom stereocenters. The minimum absolute atomic E-state index is 0.166. The number of halogens is 2. The van der Waals surface area contributed by atoms with E-state index in [0.29, 0.717) is 17.0 Å². The van der Waals surface area contributed by atoms with Crippen LogP contribution in [0.2, 0.25) is 0 Å². The zero-order valence-electron chi connectivity index (χ0n) is 11.0. The summed E-state index contributed by atoms with van der Waals surface area (Å²) in [4.78, 5) is 12.2. The number of ether oxygens (including phenoxy) is 1. The molecule has 0 bridgehead atoms. The fourth-order valence-corrected chi connectivity index (χ4v) is 2.64. The molecule has 5 heteroatoms. The summed E-state index contributed by atoms with van der Waals surface area (Å²) in [6, 6.07) is 10.9. The van der Waals surface area contributed by atoms with Crippen molar-refractivity contribution in [3.05, 3.63) is 56.5 Å². The van der Waals surface area contributed by atoms with Gasteiger partial charge in [-0.3, -0.25) is 4.79 Å². The van der Waals surface area contributed by atoms with E-state index >= 15 is 0 Å². The molecule has 3 nitrogen and oxygen atoms in total. The number of hydrogen-bond acceptors (Lipinski definition) is 2. The second-order valence-corrected chi connectivity index (χ2v) is 6.09. The summed E-state index contributed by atoms with van der Waals surface area (Å²) in [6.45, 7) is 1.92. The third-order valence-corrected chi connectivity index (χ3v) is 3.82.